The van der Waals surface area contributed by atoms with Crippen LogP contribution in [0.4, 0.5) is 0 Å². The molecule has 1 fully saturated rings. The molecule has 0 radical (unpaired) electrons. The van der Waals surface area contributed by atoms with Gasteiger partial charge in [-0.15, -0.1) is 0 Å². The highest BCUT2D eigenvalue weighted by atomic mass is 16.3. The standard InChI is InChI=1S/C20H24N4O3/c25-18-7-6-17(19(26)12-18)13-21-22-20(27)15-24-10-8-23(9-11-24)14-16-4-2-1-3-5-16/h1-7,12-13,25-26H,8-11,14-15H2,(H,22,27)/p+2/b21-13+. The molecule has 1 heterocycles. The zero-order valence-corrected chi connectivity index (χ0v) is 15.2. The lowest BCUT2D eigenvalue weighted by atomic mass is 10.2. The molecule has 1 saturated heterocycles. The molecule has 0 saturated carbocycles. The van der Waals surface area contributed by atoms with E-state index in [9.17, 15) is 15.0 Å². The molecule has 0 spiro atoms. The van der Waals surface area contributed by atoms with Crippen molar-refractivity contribution in [1.29, 1.82) is 0 Å². The molecule has 1 aliphatic rings. The van der Waals surface area contributed by atoms with E-state index >= 15 is 0 Å². The molecule has 3 rings (SSSR count). The molecule has 2 aromatic carbocycles. The van der Waals surface area contributed by atoms with Gasteiger partial charge in [0, 0.05) is 17.2 Å². The van der Waals surface area contributed by atoms with Crippen LogP contribution in [0.15, 0.2) is 53.6 Å². The van der Waals surface area contributed by atoms with E-state index in [1.165, 1.54) is 34.9 Å². The van der Waals surface area contributed by atoms with Crippen molar-refractivity contribution in [2.45, 2.75) is 6.54 Å². The fourth-order valence-electron chi connectivity index (χ4n) is 3.28. The number of carbonyl (C=O) groups excluding carboxylic acids is 1. The van der Waals surface area contributed by atoms with Crippen LogP contribution < -0.4 is 15.2 Å². The van der Waals surface area contributed by atoms with Gasteiger partial charge in [0.05, 0.1) is 6.21 Å². The minimum absolute atomic E-state index is 0.0224. The van der Waals surface area contributed by atoms with E-state index < -0.39 is 0 Å². The number of rotatable bonds is 6. The Balaban J connectivity index is 1.39. The second-order valence-corrected chi connectivity index (χ2v) is 6.88. The maximum Gasteiger partial charge on any atom is 0.295 e. The first kappa shape index (κ1) is 18.9. The third-order valence-electron chi connectivity index (χ3n) is 4.78. The summed E-state index contributed by atoms with van der Waals surface area (Å²) in [6, 6.07) is 14.7. The third-order valence-corrected chi connectivity index (χ3v) is 4.78. The summed E-state index contributed by atoms with van der Waals surface area (Å²) in [5, 5.41) is 22.8. The van der Waals surface area contributed by atoms with Crippen molar-refractivity contribution in [3.05, 3.63) is 59.7 Å². The highest BCUT2D eigenvalue weighted by Gasteiger charge is 2.24. The van der Waals surface area contributed by atoms with E-state index in [0.717, 1.165) is 32.7 Å². The first-order chi connectivity index (χ1) is 13.1. The normalized spacial score (nSPS) is 19.9. The molecular formula is C20H26N4O3+2. The Kier molecular flexibility index (Phi) is 6.40. The summed E-state index contributed by atoms with van der Waals surface area (Å²) >= 11 is 0. The van der Waals surface area contributed by atoms with Crippen LogP contribution >= 0.6 is 0 Å². The summed E-state index contributed by atoms with van der Waals surface area (Å²) in [6.07, 6.45) is 1.37. The topological polar surface area (TPSA) is 90.8 Å². The number of hydrogen-bond acceptors (Lipinski definition) is 4. The Bertz CT molecular complexity index is 787. The summed E-state index contributed by atoms with van der Waals surface area (Å²) in [6.45, 7) is 5.42. The van der Waals surface area contributed by atoms with Crippen LogP contribution in [0.2, 0.25) is 0 Å². The smallest absolute Gasteiger partial charge is 0.295 e. The van der Waals surface area contributed by atoms with Crippen LogP contribution in [0.1, 0.15) is 11.1 Å². The minimum Gasteiger partial charge on any atom is -0.508 e. The van der Waals surface area contributed by atoms with Gasteiger partial charge >= 0.3 is 0 Å². The number of benzene rings is 2. The predicted octanol–water partition coefficient (Wildman–Crippen LogP) is -1.47. The van der Waals surface area contributed by atoms with E-state index in [2.05, 4.69) is 34.8 Å². The average molecular weight is 370 g/mol. The quantitative estimate of drug-likeness (QED) is 0.318. The first-order valence-corrected chi connectivity index (χ1v) is 9.15. The van der Waals surface area contributed by atoms with Gasteiger partial charge in [0.1, 0.15) is 44.2 Å². The highest BCUT2D eigenvalue weighted by molar-refractivity contribution is 5.85. The number of nitrogens with one attached hydrogen (secondary N) is 3. The Morgan fingerprint density at radius 3 is 2.44 bits per heavy atom. The van der Waals surface area contributed by atoms with E-state index in [0.29, 0.717) is 12.1 Å². The first-order valence-electron chi connectivity index (χ1n) is 9.15. The SMILES string of the molecule is O=C(C[NH+]1CC[NH+](Cc2ccccc2)CC1)N/N=C/c1ccc(O)cc1O. The van der Waals surface area contributed by atoms with Crippen molar-refractivity contribution in [3.8, 4) is 11.5 Å². The van der Waals surface area contributed by atoms with Crippen molar-refractivity contribution in [3.63, 3.8) is 0 Å². The number of phenols is 2. The molecule has 0 unspecified atom stereocenters. The van der Waals surface area contributed by atoms with Crippen molar-refractivity contribution in [2.75, 3.05) is 32.7 Å². The molecule has 0 atom stereocenters. The molecule has 1 aliphatic heterocycles. The number of carbonyl (C=O) groups is 1. The van der Waals surface area contributed by atoms with Gasteiger partial charge in [-0.1, -0.05) is 30.3 Å². The lowest BCUT2D eigenvalue weighted by molar-refractivity contribution is -1.02. The number of piperazine rings is 1. The molecule has 0 aromatic heterocycles. The zero-order chi connectivity index (χ0) is 19.1. The van der Waals surface area contributed by atoms with Gasteiger partial charge < -0.3 is 20.0 Å². The Hall–Kier alpha value is -2.90. The molecule has 142 valence electrons. The summed E-state index contributed by atoms with van der Waals surface area (Å²) in [5.74, 6) is -0.256. The molecular weight excluding hydrogens is 344 g/mol. The van der Waals surface area contributed by atoms with Crippen LogP contribution in [-0.2, 0) is 11.3 Å². The van der Waals surface area contributed by atoms with E-state index in [1.54, 1.807) is 4.90 Å². The van der Waals surface area contributed by atoms with Gasteiger partial charge in [-0.05, 0) is 12.1 Å². The number of hydrogen-bond donors (Lipinski definition) is 5. The largest absolute Gasteiger partial charge is 0.508 e. The summed E-state index contributed by atoms with van der Waals surface area (Å²) < 4.78 is 0. The second-order valence-electron chi connectivity index (χ2n) is 6.88. The van der Waals surface area contributed by atoms with Gasteiger partial charge in [-0.25, -0.2) is 5.43 Å². The number of quaternary nitrogens is 2. The van der Waals surface area contributed by atoms with Crippen LogP contribution in [-0.4, -0.2) is 55.1 Å². The maximum absolute atomic E-state index is 12.1. The van der Waals surface area contributed by atoms with Crippen molar-refractivity contribution in [1.82, 2.24) is 5.43 Å². The van der Waals surface area contributed by atoms with Crippen LogP contribution in [0.25, 0.3) is 0 Å². The van der Waals surface area contributed by atoms with Crippen molar-refractivity contribution < 1.29 is 24.8 Å². The highest BCUT2D eigenvalue weighted by Crippen LogP contribution is 2.20. The van der Waals surface area contributed by atoms with Gasteiger partial charge in [0.15, 0.2) is 6.54 Å². The number of phenolic OH excluding ortho intramolecular Hbond substituents is 2. The fraction of sp³-hybridized carbons (Fsp3) is 0.300. The Morgan fingerprint density at radius 1 is 1.04 bits per heavy atom. The number of aromatic hydroxyl groups is 2. The number of amides is 1. The van der Waals surface area contributed by atoms with Crippen LogP contribution in [0.3, 0.4) is 0 Å². The lowest BCUT2D eigenvalue weighted by Crippen LogP contribution is -3.28. The maximum atomic E-state index is 12.1. The zero-order valence-electron chi connectivity index (χ0n) is 15.2. The number of nitrogens with zero attached hydrogens (tertiary/aromatic N) is 1. The van der Waals surface area contributed by atoms with Gasteiger partial charge in [-0.2, -0.15) is 5.10 Å². The molecule has 0 aliphatic carbocycles. The van der Waals surface area contributed by atoms with E-state index in [4.69, 9.17) is 0 Å². The van der Waals surface area contributed by atoms with Crippen molar-refractivity contribution >= 4 is 12.1 Å². The minimum atomic E-state index is -0.147. The predicted molar refractivity (Wildman–Crippen MR) is 102 cm³/mol. The third kappa shape index (κ3) is 5.80. The van der Waals surface area contributed by atoms with Crippen LogP contribution in [0, 0.1) is 0 Å². The monoisotopic (exact) mass is 370 g/mol. The van der Waals surface area contributed by atoms with Crippen molar-refractivity contribution in [2.24, 2.45) is 5.10 Å². The second kappa shape index (κ2) is 9.16. The van der Waals surface area contributed by atoms with E-state index in [-0.39, 0.29) is 17.4 Å². The molecule has 2 aromatic rings. The molecule has 0 bridgehead atoms. The Labute approximate surface area is 158 Å². The Morgan fingerprint density at radius 2 is 1.74 bits per heavy atom. The number of hydrazone groups is 1. The molecule has 7 nitrogen and oxygen atoms in total. The van der Waals surface area contributed by atoms with Gasteiger partial charge in [0.25, 0.3) is 5.91 Å². The molecule has 7 heteroatoms. The van der Waals surface area contributed by atoms with Gasteiger partial charge in [-0.3, -0.25) is 4.79 Å². The summed E-state index contributed by atoms with van der Waals surface area (Å²) in [4.78, 5) is 14.9. The fourth-order valence-corrected chi connectivity index (χ4v) is 3.28. The summed E-state index contributed by atoms with van der Waals surface area (Å²) in [7, 11) is 0. The van der Waals surface area contributed by atoms with Gasteiger partial charge in [0.2, 0.25) is 0 Å². The van der Waals surface area contributed by atoms with E-state index in [1.807, 2.05) is 6.07 Å². The lowest BCUT2D eigenvalue weighted by Gasteiger charge is -2.29. The summed E-state index contributed by atoms with van der Waals surface area (Å²) in [5.41, 5.74) is 4.28. The average Bonchev–Trinajstić information content (AvgIpc) is 2.66. The molecule has 27 heavy (non-hydrogen) atoms. The molecule has 1 amide bonds. The molecule has 5 N–H and O–H groups in total. The van der Waals surface area contributed by atoms with Crippen LogP contribution in [0.5, 0.6) is 11.5 Å².